The van der Waals surface area contributed by atoms with Gasteiger partial charge in [-0.2, -0.15) is 0 Å². The highest BCUT2D eigenvalue weighted by Crippen LogP contribution is 2.52. The first-order valence-electron chi connectivity index (χ1n) is 7.94. The third-order valence-electron chi connectivity index (χ3n) is 5.17. The summed E-state index contributed by atoms with van der Waals surface area (Å²) in [7, 11) is 5.54. The summed E-state index contributed by atoms with van der Waals surface area (Å²) in [5.41, 5.74) is 6.04. The van der Waals surface area contributed by atoms with Crippen LogP contribution in [-0.2, 0) is 12.8 Å². The van der Waals surface area contributed by atoms with Crippen LogP contribution < -0.4 is 9.47 Å². The molecule has 1 aliphatic heterocycles. The van der Waals surface area contributed by atoms with Crippen LogP contribution >= 0.6 is 0 Å². The van der Waals surface area contributed by atoms with Gasteiger partial charge in [0.15, 0.2) is 11.5 Å². The number of rotatable bonds is 2. The van der Waals surface area contributed by atoms with Gasteiger partial charge in [0.25, 0.3) is 0 Å². The third kappa shape index (κ3) is 2.01. The summed E-state index contributed by atoms with van der Waals surface area (Å²) in [5.74, 6) is 1.81. The van der Waals surface area contributed by atoms with Crippen molar-refractivity contribution >= 4 is 0 Å². The Morgan fingerprint density at radius 3 is 2.70 bits per heavy atom. The number of methoxy groups -OCH3 is 2. The van der Waals surface area contributed by atoms with E-state index < -0.39 is 0 Å². The minimum atomic E-state index is 0.282. The van der Waals surface area contributed by atoms with E-state index in [9.17, 15) is 5.11 Å². The Morgan fingerprint density at radius 2 is 1.96 bits per heavy atom. The van der Waals surface area contributed by atoms with E-state index >= 15 is 0 Å². The molecule has 4 nitrogen and oxygen atoms in total. The van der Waals surface area contributed by atoms with Gasteiger partial charge in [0, 0.05) is 18.2 Å². The van der Waals surface area contributed by atoms with Gasteiger partial charge in [-0.3, -0.25) is 4.90 Å². The fraction of sp³-hybridized carbons (Fsp3) is 0.368. The Balaban J connectivity index is 2.09. The van der Waals surface area contributed by atoms with Crippen LogP contribution in [0.2, 0.25) is 0 Å². The molecule has 0 fully saturated rings. The van der Waals surface area contributed by atoms with Gasteiger partial charge in [-0.25, -0.2) is 0 Å². The lowest BCUT2D eigenvalue weighted by atomic mass is 9.76. The van der Waals surface area contributed by atoms with Crippen LogP contribution in [0, 0.1) is 0 Å². The molecule has 1 heterocycles. The van der Waals surface area contributed by atoms with Crippen molar-refractivity contribution in [3.05, 3.63) is 41.0 Å². The van der Waals surface area contributed by atoms with Crippen LogP contribution in [0.25, 0.3) is 11.1 Å². The maximum Gasteiger partial charge on any atom is 0.168 e. The van der Waals surface area contributed by atoms with E-state index in [0.29, 0.717) is 6.04 Å². The number of hydrogen-bond acceptors (Lipinski definition) is 4. The molecule has 0 saturated heterocycles. The molecule has 0 unspecified atom stereocenters. The van der Waals surface area contributed by atoms with Crippen LogP contribution in [0.15, 0.2) is 24.3 Å². The minimum absolute atomic E-state index is 0.282. The summed E-state index contributed by atoms with van der Waals surface area (Å²) in [6, 6.07) is 8.10. The molecule has 0 radical (unpaired) electrons. The van der Waals surface area contributed by atoms with Crippen molar-refractivity contribution in [1.29, 1.82) is 0 Å². The quantitative estimate of drug-likeness (QED) is 0.925. The standard InChI is InChI=1S/C19H21NO3/c1-20-7-6-12-9-16(22-2)19(23-3)18-14-10-13(21)5-4-11(14)8-15(20)17(12)18/h4-5,9-10,15,21H,6-8H2,1-3H3/t15-/m1/s1. The number of phenols is 1. The Labute approximate surface area is 136 Å². The number of nitrogens with zero attached hydrogens (tertiary/aromatic N) is 1. The number of hydrogen-bond donors (Lipinski definition) is 1. The molecule has 1 atom stereocenters. The van der Waals surface area contributed by atoms with Crippen molar-refractivity contribution in [2.45, 2.75) is 18.9 Å². The van der Waals surface area contributed by atoms with Crippen molar-refractivity contribution in [2.24, 2.45) is 0 Å². The molecule has 0 aromatic heterocycles. The number of fused-ring (bicyclic) bond motifs is 2. The zero-order valence-electron chi connectivity index (χ0n) is 13.7. The van der Waals surface area contributed by atoms with E-state index in [-0.39, 0.29) is 5.75 Å². The molecule has 2 aromatic carbocycles. The number of phenolic OH excluding ortho intramolecular Hbond substituents is 1. The first-order valence-corrected chi connectivity index (χ1v) is 7.94. The molecule has 0 bridgehead atoms. The Bertz CT molecular complexity index is 785. The van der Waals surface area contributed by atoms with Gasteiger partial charge in [-0.1, -0.05) is 6.07 Å². The highest BCUT2D eigenvalue weighted by atomic mass is 16.5. The zero-order chi connectivity index (χ0) is 16.1. The molecule has 23 heavy (non-hydrogen) atoms. The second kappa shape index (κ2) is 5.17. The molecule has 120 valence electrons. The summed E-state index contributed by atoms with van der Waals surface area (Å²) < 4.78 is 11.3. The van der Waals surface area contributed by atoms with E-state index in [4.69, 9.17) is 9.47 Å². The SMILES string of the molecule is COc1cc2c3c(c1OC)-c1cc(O)ccc1C[C@H]3N(C)CC2. The van der Waals surface area contributed by atoms with E-state index in [1.807, 2.05) is 12.1 Å². The fourth-order valence-corrected chi connectivity index (χ4v) is 4.03. The second-order valence-electron chi connectivity index (χ2n) is 6.35. The molecule has 1 N–H and O–H groups in total. The summed E-state index contributed by atoms with van der Waals surface area (Å²) in [6.07, 6.45) is 1.96. The molecule has 2 aromatic rings. The molecule has 4 heteroatoms. The van der Waals surface area contributed by atoms with Crippen LogP contribution in [0.5, 0.6) is 17.2 Å². The summed E-state index contributed by atoms with van der Waals surface area (Å²) in [4.78, 5) is 2.41. The second-order valence-corrected chi connectivity index (χ2v) is 6.35. The van der Waals surface area contributed by atoms with Crippen molar-refractivity contribution in [3.8, 4) is 28.4 Å². The highest BCUT2D eigenvalue weighted by Gasteiger charge is 2.36. The lowest BCUT2D eigenvalue weighted by Gasteiger charge is -2.40. The normalized spacial score (nSPS) is 19.0. The first kappa shape index (κ1) is 14.4. The average molecular weight is 311 g/mol. The van der Waals surface area contributed by atoms with Gasteiger partial charge in [-0.05, 0) is 60.3 Å². The predicted molar refractivity (Wildman–Crippen MR) is 89.4 cm³/mol. The van der Waals surface area contributed by atoms with Crippen molar-refractivity contribution < 1.29 is 14.6 Å². The largest absolute Gasteiger partial charge is 0.508 e. The molecule has 4 rings (SSSR count). The minimum Gasteiger partial charge on any atom is -0.508 e. The average Bonchev–Trinajstić information content (AvgIpc) is 2.57. The van der Waals surface area contributed by atoms with Crippen molar-refractivity contribution in [1.82, 2.24) is 4.90 Å². The van der Waals surface area contributed by atoms with Gasteiger partial charge in [0.05, 0.1) is 14.2 Å². The molecular weight excluding hydrogens is 290 g/mol. The van der Waals surface area contributed by atoms with E-state index in [1.165, 1.54) is 16.7 Å². The van der Waals surface area contributed by atoms with Crippen molar-refractivity contribution in [2.75, 3.05) is 27.8 Å². The predicted octanol–water partition coefficient (Wildman–Crippen LogP) is 3.16. The molecule has 0 spiro atoms. The third-order valence-corrected chi connectivity index (χ3v) is 5.17. The molecule has 0 amide bonds. The molecule has 2 aliphatic rings. The summed E-state index contributed by atoms with van der Waals surface area (Å²) in [5, 5.41) is 9.98. The number of ether oxygens (including phenoxy) is 2. The zero-order valence-corrected chi connectivity index (χ0v) is 13.7. The highest BCUT2D eigenvalue weighted by molar-refractivity contribution is 5.84. The number of benzene rings is 2. The maximum atomic E-state index is 9.98. The maximum absolute atomic E-state index is 9.98. The number of likely N-dealkylation sites (N-methyl/N-ethyl adjacent to an activating group) is 1. The lowest BCUT2D eigenvalue weighted by Crippen LogP contribution is -2.35. The van der Waals surface area contributed by atoms with Gasteiger partial charge in [-0.15, -0.1) is 0 Å². The van der Waals surface area contributed by atoms with E-state index in [1.54, 1.807) is 20.3 Å². The monoisotopic (exact) mass is 311 g/mol. The van der Waals surface area contributed by atoms with Crippen LogP contribution in [0.3, 0.4) is 0 Å². The fourth-order valence-electron chi connectivity index (χ4n) is 4.03. The van der Waals surface area contributed by atoms with Gasteiger partial charge < -0.3 is 14.6 Å². The van der Waals surface area contributed by atoms with Crippen LogP contribution in [0.4, 0.5) is 0 Å². The number of aromatic hydroxyl groups is 1. The summed E-state index contributed by atoms with van der Waals surface area (Å²) in [6.45, 7) is 1.04. The lowest BCUT2D eigenvalue weighted by molar-refractivity contribution is 0.226. The van der Waals surface area contributed by atoms with Gasteiger partial charge >= 0.3 is 0 Å². The van der Waals surface area contributed by atoms with Crippen LogP contribution in [-0.4, -0.2) is 37.8 Å². The van der Waals surface area contributed by atoms with Crippen LogP contribution in [0.1, 0.15) is 22.7 Å². The molecule has 0 saturated carbocycles. The Kier molecular flexibility index (Phi) is 3.23. The van der Waals surface area contributed by atoms with Crippen molar-refractivity contribution in [3.63, 3.8) is 0 Å². The molecule has 1 aliphatic carbocycles. The topological polar surface area (TPSA) is 41.9 Å². The molecular formula is C19H21NO3. The summed E-state index contributed by atoms with van der Waals surface area (Å²) >= 11 is 0. The Morgan fingerprint density at radius 1 is 1.13 bits per heavy atom. The smallest absolute Gasteiger partial charge is 0.168 e. The van der Waals surface area contributed by atoms with E-state index in [0.717, 1.165) is 42.0 Å². The van der Waals surface area contributed by atoms with Gasteiger partial charge in [0.2, 0.25) is 0 Å². The Hall–Kier alpha value is -2.20. The van der Waals surface area contributed by atoms with Gasteiger partial charge in [0.1, 0.15) is 5.75 Å². The van der Waals surface area contributed by atoms with E-state index in [2.05, 4.69) is 18.0 Å². The first-order chi connectivity index (χ1) is 11.1.